The van der Waals surface area contributed by atoms with Crippen molar-refractivity contribution < 1.29 is 4.68 Å². The molecule has 0 aliphatic rings. The van der Waals surface area contributed by atoms with E-state index in [0.717, 1.165) is 0 Å². The molecule has 0 radical (unpaired) electrons. The van der Waals surface area contributed by atoms with Gasteiger partial charge in [-0.05, 0) is 0 Å². The smallest absolute Gasteiger partial charge is 0.192 e. The van der Waals surface area contributed by atoms with Crippen LogP contribution in [0.5, 0.6) is 0 Å². The maximum atomic E-state index is 8.27. The van der Waals surface area contributed by atoms with Gasteiger partial charge in [-0.3, -0.25) is 0 Å². The minimum absolute atomic E-state index is 0.660. The predicted molar refractivity (Wildman–Crippen MR) is 26.7 cm³/mol. The standard InChI is InChI=1S/C5H5N3/c1-8-4-5(2-6)3-7-8/h3-4H,1H3/p+1. The SMILES string of the molecule is C[n+]1cc(C#N)c[nH]1. The van der Waals surface area contributed by atoms with Crippen molar-refractivity contribution in [2.75, 3.05) is 0 Å². The van der Waals surface area contributed by atoms with E-state index in [9.17, 15) is 0 Å². The average molecular weight is 108 g/mol. The molecule has 0 bridgehead atoms. The predicted octanol–water partition coefficient (Wildman–Crippen LogP) is -0.289. The van der Waals surface area contributed by atoms with E-state index in [1.165, 1.54) is 0 Å². The third-order valence-electron chi connectivity index (χ3n) is 0.886. The molecule has 0 saturated heterocycles. The maximum Gasteiger partial charge on any atom is 0.212 e. The molecule has 0 aliphatic carbocycles. The Kier molecular flexibility index (Phi) is 1.01. The Morgan fingerprint density at radius 1 is 1.88 bits per heavy atom. The zero-order chi connectivity index (χ0) is 5.98. The van der Waals surface area contributed by atoms with Gasteiger partial charge in [0.25, 0.3) is 0 Å². The molecule has 8 heavy (non-hydrogen) atoms. The first-order chi connectivity index (χ1) is 3.83. The first kappa shape index (κ1) is 4.85. The molecule has 0 aromatic carbocycles. The topological polar surface area (TPSA) is 43.5 Å². The Bertz CT molecular complexity index is 218. The van der Waals surface area contributed by atoms with Gasteiger partial charge in [0.2, 0.25) is 6.20 Å². The van der Waals surface area contributed by atoms with Gasteiger partial charge in [-0.2, -0.15) is 10.4 Å². The number of rotatable bonds is 0. The maximum absolute atomic E-state index is 8.27. The summed E-state index contributed by atoms with van der Waals surface area (Å²) in [6, 6.07) is 2.00. The molecule has 1 aromatic rings. The molecule has 0 unspecified atom stereocenters. The summed E-state index contributed by atoms with van der Waals surface area (Å²) in [5, 5.41) is 11.1. The second kappa shape index (κ2) is 1.66. The number of aromatic amines is 1. The summed E-state index contributed by atoms with van der Waals surface area (Å²) in [5.74, 6) is 0. The number of nitrogens with one attached hydrogen (secondary N) is 1. The molecule has 0 spiro atoms. The van der Waals surface area contributed by atoms with Gasteiger partial charge in [0.1, 0.15) is 11.6 Å². The van der Waals surface area contributed by atoms with Crippen LogP contribution in [0, 0.1) is 11.3 Å². The zero-order valence-corrected chi connectivity index (χ0v) is 4.55. The fourth-order valence-corrected chi connectivity index (χ4v) is 0.516. The lowest BCUT2D eigenvalue weighted by molar-refractivity contribution is -0.726. The summed E-state index contributed by atoms with van der Waals surface area (Å²) in [7, 11) is 1.83. The van der Waals surface area contributed by atoms with E-state index in [1.807, 2.05) is 13.1 Å². The van der Waals surface area contributed by atoms with Gasteiger partial charge in [-0.25, -0.2) is 0 Å². The number of nitriles is 1. The first-order valence-electron chi connectivity index (χ1n) is 2.27. The van der Waals surface area contributed by atoms with Crippen LogP contribution in [-0.4, -0.2) is 5.10 Å². The van der Waals surface area contributed by atoms with E-state index >= 15 is 0 Å². The average Bonchev–Trinajstić information content (AvgIpc) is 2.14. The van der Waals surface area contributed by atoms with Crippen LogP contribution in [0.1, 0.15) is 5.56 Å². The molecule has 3 heteroatoms. The summed E-state index contributed by atoms with van der Waals surface area (Å²) in [5.41, 5.74) is 0.660. The molecule has 3 nitrogen and oxygen atoms in total. The Morgan fingerprint density at radius 2 is 2.62 bits per heavy atom. The second-order valence-electron chi connectivity index (χ2n) is 1.58. The molecule has 40 valence electrons. The molecule has 0 atom stereocenters. The molecule has 1 N–H and O–H groups in total. The van der Waals surface area contributed by atoms with E-state index in [4.69, 9.17) is 5.26 Å². The third kappa shape index (κ3) is 0.684. The highest BCUT2D eigenvalue weighted by Crippen LogP contribution is 1.84. The van der Waals surface area contributed by atoms with Gasteiger partial charge in [-0.1, -0.05) is 0 Å². The summed E-state index contributed by atoms with van der Waals surface area (Å²) in [6.07, 6.45) is 3.38. The van der Waals surface area contributed by atoms with E-state index in [2.05, 4.69) is 5.10 Å². The molecular weight excluding hydrogens is 102 g/mol. The number of nitrogens with zero attached hydrogens (tertiary/aromatic N) is 2. The lowest BCUT2D eigenvalue weighted by Gasteiger charge is -1.65. The van der Waals surface area contributed by atoms with Crippen LogP contribution < -0.4 is 4.68 Å². The van der Waals surface area contributed by atoms with Crippen molar-refractivity contribution in [1.82, 2.24) is 5.10 Å². The van der Waals surface area contributed by atoms with Crippen molar-refractivity contribution >= 4 is 0 Å². The number of aromatic nitrogens is 2. The van der Waals surface area contributed by atoms with Crippen LogP contribution in [0.3, 0.4) is 0 Å². The van der Waals surface area contributed by atoms with E-state index in [1.54, 1.807) is 17.1 Å². The van der Waals surface area contributed by atoms with Gasteiger partial charge in [-0.15, -0.1) is 4.68 Å². The van der Waals surface area contributed by atoms with Gasteiger partial charge in [0.15, 0.2) is 7.05 Å². The monoisotopic (exact) mass is 108 g/mol. The lowest BCUT2D eigenvalue weighted by atomic mass is 10.4. The fourth-order valence-electron chi connectivity index (χ4n) is 0.516. The fraction of sp³-hybridized carbons (Fsp3) is 0.200. The highest BCUT2D eigenvalue weighted by Gasteiger charge is 1.95. The minimum atomic E-state index is 0.660. The van der Waals surface area contributed by atoms with Crippen LogP contribution in [0.25, 0.3) is 0 Å². The van der Waals surface area contributed by atoms with Gasteiger partial charge in [0, 0.05) is 0 Å². The number of H-pyrrole nitrogens is 1. The van der Waals surface area contributed by atoms with Gasteiger partial charge < -0.3 is 0 Å². The van der Waals surface area contributed by atoms with Crippen molar-refractivity contribution in [2.45, 2.75) is 0 Å². The van der Waals surface area contributed by atoms with Gasteiger partial charge >= 0.3 is 0 Å². The van der Waals surface area contributed by atoms with Crippen molar-refractivity contribution in [2.24, 2.45) is 7.05 Å². The van der Waals surface area contributed by atoms with Crippen LogP contribution in [-0.2, 0) is 7.05 Å². The van der Waals surface area contributed by atoms with Crippen LogP contribution in [0.4, 0.5) is 0 Å². The Hall–Kier alpha value is -1.30. The highest BCUT2D eigenvalue weighted by atomic mass is 15.2. The van der Waals surface area contributed by atoms with Crippen molar-refractivity contribution in [3.05, 3.63) is 18.0 Å². The highest BCUT2D eigenvalue weighted by molar-refractivity contribution is 5.18. The molecule has 0 aliphatic heterocycles. The van der Waals surface area contributed by atoms with E-state index in [0.29, 0.717) is 5.56 Å². The van der Waals surface area contributed by atoms with Crippen molar-refractivity contribution in [3.63, 3.8) is 0 Å². The molecule has 1 heterocycles. The molecule has 1 rings (SSSR count). The van der Waals surface area contributed by atoms with Crippen molar-refractivity contribution in [3.8, 4) is 6.07 Å². The zero-order valence-electron chi connectivity index (χ0n) is 4.55. The summed E-state index contributed by atoms with van der Waals surface area (Å²) < 4.78 is 1.72. The van der Waals surface area contributed by atoms with E-state index < -0.39 is 0 Å². The quantitative estimate of drug-likeness (QED) is 0.456. The molecule has 0 fully saturated rings. The number of hydrogen-bond donors (Lipinski definition) is 1. The molecular formula is C5H6N3+. The lowest BCUT2D eigenvalue weighted by Crippen LogP contribution is -2.27. The second-order valence-corrected chi connectivity index (χ2v) is 1.58. The summed E-state index contributed by atoms with van der Waals surface area (Å²) >= 11 is 0. The molecule has 0 amide bonds. The minimum Gasteiger partial charge on any atom is -0.192 e. The molecule has 0 saturated carbocycles. The molecule has 1 aromatic heterocycles. The summed E-state index contributed by atoms with van der Waals surface area (Å²) in [6.45, 7) is 0. The summed E-state index contributed by atoms with van der Waals surface area (Å²) in [4.78, 5) is 0. The van der Waals surface area contributed by atoms with Crippen molar-refractivity contribution in [1.29, 1.82) is 5.26 Å². The first-order valence-corrected chi connectivity index (χ1v) is 2.27. The van der Waals surface area contributed by atoms with Crippen LogP contribution in [0.2, 0.25) is 0 Å². The van der Waals surface area contributed by atoms with Crippen LogP contribution in [0.15, 0.2) is 12.4 Å². The van der Waals surface area contributed by atoms with Gasteiger partial charge in [0.05, 0.1) is 6.20 Å². The Morgan fingerprint density at radius 3 is 2.88 bits per heavy atom. The largest absolute Gasteiger partial charge is 0.212 e. The Balaban J connectivity index is 3.05. The Labute approximate surface area is 47.2 Å². The van der Waals surface area contributed by atoms with Crippen LogP contribution >= 0.6 is 0 Å². The number of aryl methyl sites for hydroxylation is 1. The van der Waals surface area contributed by atoms with E-state index in [-0.39, 0.29) is 0 Å². The number of hydrogen-bond acceptors (Lipinski definition) is 1. The normalized spacial score (nSPS) is 8.50. The third-order valence-corrected chi connectivity index (χ3v) is 0.886.